The van der Waals surface area contributed by atoms with Gasteiger partial charge in [0.15, 0.2) is 24.6 Å². The van der Waals surface area contributed by atoms with Gasteiger partial charge in [-0.15, -0.1) is 0 Å². The summed E-state index contributed by atoms with van der Waals surface area (Å²) in [4.78, 5) is 51.4. The fraction of sp³-hybridized carbons (Fsp3) is 0.803. The normalized spacial score (nSPS) is 17.9. The summed E-state index contributed by atoms with van der Waals surface area (Å²) in [7, 11) is 0. The summed E-state index contributed by atoms with van der Waals surface area (Å²) in [5.74, 6) is -3.15. The summed E-state index contributed by atoms with van der Waals surface area (Å²) in [5, 5.41) is 31.6. The van der Waals surface area contributed by atoms with Crippen LogP contribution in [0.4, 0.5) is 0 Å². The maximum Gasteiger partial charge on any atom is 0.335 e. The van der Waals surface area contributed by atoms with Crippen molar-refractivity contribution in [2.75, 3.05) is 13.2 Å². The molecule has 1 saturated heterocycles. The summed E-state index contributed by atoms with van der Waals surface area (Å²) in [6.07, 6.45) is 61.9. The van der Waals surface area contributed by atoms with Crippen molar-refractivity contribution in [2.24, 2.45) is 0 Å². The quantitative estimate of drug-likeness (QED) is 0.0228. The van der Waals surface area contributed by atoms with Gasteiger partial charge in [0, 0.05) is 19.3 Å². The average molecular weight is 1170 g/mol. The molecule has 0 amide bonds. The third-order valence-electron chi connectivity index (χ3n) is 15.6. The summed E-state index contributed by atoms with van der Waals surface area (Å²) >= 11 is 0. The highest BCUT2D eigenvalue weighted by Crippen LogP contribution is 2.27. The van der Waals surface area contributed by atoms with E-state index in [0.717, 1.165) is 83.5 Å². The predicted octanol–water partition coefficient (Wildman–Crippen LogP) is 18.7. The Morgan fingerprint density at radius 2 is 0.759 bits per heavy atom. The summed E-state index contributed by atoms with van der Waals surface area (Å²) in [5.41, 5.74) is 0. The molecule has 480 valence electrons. The zero-order chi connectivity index (χ0) is 60.3. The van der Waals surface area contributed by atoms with Crippen LogP contribution in [0.25, 0.3) is 0 Å². The molecule has 0 saturated carbocycles. The highest BCUT2D eigenvalue weighted by molar-refractivity contribution is 5.74. The Morgan fingerprint density at radius 1 is 0.410 bits per heavy atom. The average Bonchev–Trinajstić information content (AvgIpc) is 3.60. The van der Waals surface area contributed by atoms with Crippen molar-refractivity contribution in [2.45, 2.75) is 353 Å². The van der Waals surface area contributed by atoms with Gasteiger partial charge in [-0.25, -0.2) is 4.79 Å². The zero-order valence-electron chi connectivity index (χ0n) is 53.2. The second-order valence-electron chi connectivity index (χ2n) is 23.4. The molecule has 0 bridgehead atoms. The van der Waals surface area contributed by atoms with Crippen LogP contribution in [0.3, 0.4) is 0 Å². The molecule has 1 rings (SSSR count). The monoisotopic (exact) mass is 1170 g/mol. The van der Waals surface area contributed by atoms with Gasteiger partial charge in [0.05, 0.1) is 6.61 Å². The van der Waals surface area contributed by atoms with Gasteiger partial charge in [-0.1, -0.05) is 274 Å². The molecule has 3 N–H and O–H groups in total. The van der Waals surface area contributed by atoms with E-state index in [1.165, 1.54) is 173 Å². The zero-order valence-corrected chi connectivity index (χ0v) is 53.2. The van der Waals surface area contributed by atoms with Crippen molar-refractivity contribution < 1.29 is 58.2 Å². The third kappa shape index (κ3) is 48.3. The van der Waals surface area contributed by atoms with Crippen molar-refractivity contribution in [3.05, 3.63) is 60.8 Å². The van der Waals surface area contributed by atoms with Crippen LogP contribution in [-0.2, 0) is 42.9 Å². The Balaban J connectivity index is 2.64. The first-order valence-electron chi connectivity index (χ1n) is 34.3. The molecule has 1 aliphatic heterocycles. The minimum Gasteiger partial charge on any atom is -0.479 e. The van der Waals surface area contributed by atoms with Gasteiger partial charge >= 0.3 is 23.9 Å². The number of carbonyl (C=O) groups excluding carboxylic acids is 3. The van der Waals surface area contributed by atoms with Gasteiger partial charge < -0.3 is 39.0 Å². The second-order valence-corrected chi connectivity index (χ2v) is 23.4. The van der Waals surface area contributed by atoms with Gasteiger partial charge in [-0.2, -0.15) is 0 Å². The molecule has 0 radical (unpaired) electrons. The number of aliphatic carboxylic acids is 1. The van der Waals surface area contributed by atoms with E-state index in [0.29, 0.717) is 19.3 Å². The largest absolute Gasteiger partial charge is 0.479 e. The van der Waals surface area contributed by atoms with Gasteiger partial charge in [-0.3, -0.25) is 14.4 Å². The molecule has 1 aliphatic rings. The Morgan fingerprint density at radius 3 is 1.19 bits per heavy atom. The number of allylic oxidation sites excluding steroid dienone is 10. The highest BCUT2D eigenvalue weighted by Gasteiger charge is 2.50. The number of aliphatic hydroxyl groups excluding tert-OH is 2. The minimum atomic E-state index is -1.91. The fourth-order valence-electron chi connectivity index (χ4n) is 10.4. The Bertz CT molecular complexity index is 1670. The van der Waals surface area contributed by atoms with E-state index in [4.69, 9.17) is 23.7 Å². The van der Waals surface area contributed by atoms with Crippen LogP contribution in [0.2, 0.25) is 0 Å². The fourth-order valence-corrected chi connectivity index (χ4v) is 10.4. The molecule has 0 aliphatic carbocycles. The lowest BCUT2D eigenvalue weighted by molar-refractivity contribution is -0.301. The van der Waals surface area contributed by atoms with Gasteiger partial charge in [0.2, 0.25) is 0 Å². The molecular formula is C71H124O12. The molecule has 12 nitrogen and oxygen atoms in total. The SMILES string of the molecule is CC/C=C\C/C=C\C/C=C\C/C=C\CCCCC(=O)OC(COC(=O)CCCCCCCCCCC/C=C\CCCCCCCC)COC1OC(C(=O)O)C(O)C(O)C1OC(=O)CCCCCCCCCCCCCCCCCCCCC. The standard InChI is InChI=1S/C71H124O12/c1-4-7-10-13-16-19-22-25-28-30-32-34-37-39-42-45-48-51-54-57-63(72)79-60-62(81-64(73)58-55-52-49-46-43-40-36-27-24-21-18-15-12-9-6-3)61-80-71-69(67(76)66(75)68(83-71)70(77)78)82-65(74)59-56-53-50-47-44-41-38-35-33-31-29-26-23-20-17-14-11-8-5-2/h9,12,18,21,25,27-28,36,43,46,62,66-69,71,75-76H,4-8,10-11,13-17,19-20,22-24,26,29-35,37-42,44-45,47-61H2,1-3H3,(H,77,78)/b12-9-,21-18-,28-25-,36-27-,46-43-. The van der Waals surface area contributed by atoms with E-state index in [9.17, 15) is 34.5 Å². The van der Waals surface area contributed by atoms with Crippen LogP contribution in [0.5, 0.6) is 0 Å². The number of carboxylic acids is 1. The smallest absolute Gasteiger partial charge is 0.335 e. The lowest BCUT2D eigenvalue weighted by atomic mass is 9.98. The van der Waals surface area contributed by atoms with E-state index in [1.54, 1.807) is 0 Å². The van der Waals surface area contributed by atoms with Crippen LogP contribution >= 0.6 is 0 Å². The summed E-state index contributed by atoms with van der Waals surface area (Å²) < 4.78 is 28.5. The first-order chi connectivity index (χ1) is 40.6. The molecule has 0 aromatic carbocycles. The van der Waals surface area contributed by atoms with E-state index >= 15 is 0 Å². The minimum absolute atomic E-state index is 0.0589. The molecule has 6 atom stereocenters. The van der Waals surface area contributed by atoms with Crippen LogP contribution in [0, 0.1) is 0 Å². The lowest BCUT2D eigenvalue weighted by Gasteiger charge is -2.40. The van der Waals surface area contributed by atoms with Crippen molar-refractivity contribution in [3.63, 3.8) is 0 Å². The Hall–Kier alpha value is -3.58. The van der Waals surface area contributed by atoms with Gasteiger partial charge in [0.25, 0.3) is 0 Å². The number of carboxylic acid groups (broad SMARTS) is 1. The number of hydrogen-bond acceptors (Lipinski definition) is 11. The maximum atomic E-state index is 13.2. The van der Waals surface area contributed by atoms with Crippen LogP contribution in [-0.4, -0.2) is 89.2 Å². The van der Waals surface area contributed by atoms with Crippen molar-refractivity contribution in [1.82, 2.24) is 0 Å². The molecule has 0 aromatic heterocycles. The predicted molar refractivity (Wildman–Crippen MR) is 340 cm³/mol. The Labute approximate surface area is 506 Å². The van der Waals surface area contributed by atoms with E-state index in [2.05, 4.69) is 81.5 Å². The lowest BCUT2D eigenvalue weighted by Crippen LogP contribution is -2.61. The second kappa shape index (κ2) is 58.8. The third-order valence-corrected chi connectivity index (χ3v) is 15.6. The van der Waals surface area contributed by atoms with Crippen molar-refractivity contribution in [3.8, 4) is 0 Å². The molecular weight excluding hydrogens is 1040 g/mol. The highest BCUT2D eigenvalue weighted by atomic mass is 16.7. The topological polar surface area (TPSA) is 175 Å². The van der Waals surface area contributed by atoms with Crippen LogP contribution in [0.1, 0.15) is 316 Å². The first kappa shape index (κ1) is 77.4. The number of hydrogen-bond donors (Lipinski definition) is 3. The Kier molecular flexibility index (Phi) is 54.8. The molecule has 12 heteroatoms. The van der Waals surface area contributed by atoms with E-state index in [-0.39, 0.29) is 25.9 Å². The summed E-state index contributed by atoms with van der Waals surface area (Å²) in [6.45, 7) is 5.89. The van der Waals surface area contributed by atoms with E-state index in [1.807, 2.05) is 0 Å². The van der Waals surface area contributed by atoms with Gasteiger partial charge in [-0.05, 0) is 83.5 Å². The number of ether oxygens (including phenoxy) is 5. The molecule has 0 spiro atoms. The molecule has 83 heavy (non-hydrogen) atoms. The molecule has 0 aromatic rings. The number of esters is 3. The molecule has 6 unspecified atom stereocenters. The number of carbonyl (C=O) groups is 4. The van der Waals surface area contributed by atoms with Crippen LogP contribution < -0.4 is 0 Å². The molecule has 1 fully saturated rings. The van der Waals surface area contributed by atoms with Gasteiger partial charge in [0.1, 0.15) is 18.8 Å². The number of aliphatic hydroxyl groups is 2. The molecule has 1 heterocycles. The van der Waals surface area contributed by atoms with Crippen LogP contribution in [0.15, 0.2) is 60.8 Å². The van der Waals surface area contributed by atoms with E-state index < -0.39 is 67.3 Å². The number of unbranched alkanes of at least 4 members (excludes halogenated alkanes) is 35. The first-order valence-corrected chi connectivity index (χ1v) is 34.3. The number of rotatable bonds is 59. The van der Waals surface area contributed by atoms with Crippen molar-refractivity contribution in [1.29, 1.82) is 0 Å². The summed E-state index contributed by atoms with van der Waals surface area (Å²) in [6, 6.07) is 0. The van der Waals surface area contributed by atoms with Crippen molar-refractivity contribution >= 4 is 23.9 Å². The maximum absolute atomic E-state index is 13.2.